The number of hydrogen-bond donors (Lipinski definition) is 2. The van der Waals surface area contributed by atoms with E-state index in [-0.39, 0.29) is 17.1 Å². The van der Waals surface area contributed by atoms with Crippen LogP contribution in [-0.4, -0.2) is 33.5 Å². The molecule has 1 amide bonds. The Balaban J connectivity index is 1.90. The molecule has 0 bridgehead atoms. The summed E-state index contributed by atoms with van der Waals surface area (Å²) in [5, 5.41) is 21.5. The van der Waals surface area contributed by atoms with E-state index < -0.39 is 17.7 Å². The van der Waals surface area contributed by atoms with E-state index in [9.17, 15) is 19.8 Å². The first-order valence-corrected chi connectivity index (χ1v) is 10.9. The molecule has 164 valence electrons. The number of thiazole rings is 1. The molecule has 1 fully saturated rings. The van der Waals surface area contributed by atoms with Gasteiger partial charge in [0.2, 0.25) is 0 Å². The summed E-state index contributed by atoms with van der Waals surface area (Å²) in [6.07, 6.45) is 0. The SMILES string of the molecule is CCOc1ccc(C(O)=C2C(=O)C(=O)N(c3nc(C)c(C)s3)C2c2cccc(O)c2)cc1. The molecule has 2 aromatic carbocycles. The van der Waals surface area contributed by atoms with E-state index in [0.717, 1.165) is 10.6 Å². The van der Waals surface area contributed by atoms with E-state index in [4.69, 9.17) is 4.74 Å². The summed E-state index contributed by atoms with van der Waals surface area (Å²) in [4.78, 5) is 32.9. The number of ether oxygens (including phenoxy) is 1. The normalized spacial score (nSPS) is 17.7. The van der Waals surface area contributed by atoms with Gasteiger partial charge in [-0.2, -0.15) is 0 Å². The number of aliphatic hydroxyl groups is 1. The van der Waals surface area contributed by atoms with Gasteiger partial charge < -0.3 is 14.9 Å². The molecule has 1 aromatic heterocycles. The molecule has 0 radical (unpaired) electrons. The second-order valence-corrected chi connectivity index (χ2v) is 8.54. The highest BCUT2D eigenvalue weighted by atomic mass is 32.1. The summed E-state index contributed by atoms with van der Waals surface area (Å²) < 4.78 is 5.43. The van der Waals surface area contributed by atoms with Crippen LogP contribution in [0.5, 0.6) is 11.5 Å². The summed E-state index contributed by atoms with van der Waals surface area (Å²) in [6.45, 7) is 6.08. The fraction of sp³-hybridized carbons (Fsp3) is 0.208. The van der Waals surface area contributed by atoms with Crippen LogP contribution in [0.25, 0.3) is 5.76 Å². The Kier molecular flexibility index (Phi) is 5.71. The molecule has 3 aromatic rings. The molecule has 1 atom stereocenters. The summed E-state index contributed by atoms with van der Waals surface area (Å²) >= 11 is 1.30. The molecule has 2 N–H and O–H groups in total. The molecule has 1 unspecified atom stereocenters. The molecular weight excluding hydrogens is 428 g/mol. The summed E-state index contributed by atoms with van der Waals surface area (Å²) in [7, 11) is 0. The number of benzene rings is 2. The van der Waals surface area contributed by atoms with Crippen molar-refractivity contribution in [1.82, 2.24) is 4.98 Å². The van der Waals surface area contributed by atoms with Crippen LogP contribution in [0.1, 0.15) is 34.7 Å². The Morgan fingerprint density at radius 2 is 1.88 bits per heavy atom. The van der Waals surface area contributed by atoms with Crippen LogP contribution >= 0.6 is 11.3 Å². The number of anilines is 1. The number of rotatable bonds is 5. The smallest absolute Gasteiger partial charge is 0.301 e. The molecular formula is C24H22N2O5S. The molecule has 32 heavy (non-hydrogen) atoms. The Bertz CT molecular complexity index is 1210. The quantitative estimate of drug-likeness (QED) is 0.338. The van der Waals surface area contributed by atoms with E-state index in [1.54, 1.807) is 36.4 Å². The molecule has 1 aliphatic heterocycles. The average Bonchev–Trinajstić information content (AvgIpc) is 3.24. The largest absolute Gasteiger partial charge is 0.508 e. The van der Waals surface area contributed by atoms with E-state index in [1.807, 2.05) is 20.8 Å². The van der Waals surface area contributed by atoms with Crippen molar-refractivity contribution >= 4 is 33.9 Å². The number of ketones is 1. The van der Waals surface area contributed by atoms with Crippen molar-refractivity contribution in [3.63, 3.8) is 0 Å². The van der Waals surface area contributed by atoms with Crippen molar-refractivity contribution in [2.75, 3.05) is 11.5 Å². The van der Waals surface area contributed by atoms with E-state index >= 15 is 0 Å². The molecule has 0 saturated carbocycles. The number of nitrogens with zero attached hydrogens (tertiary/aromatic N) is 2. The van der Waals surface area contributed by atoms with Crippen molar-refractivity contribution in [3.05, 3.63) is 75.8 Å². The molecule has 4 rings (SSSR count). The van der Waals surface area contributed by atoms with Crippen LogP contribution < -0.4 is 9.64 Å². The van der Waals surface area contributed by atoms with Crippen molar-refractivity contribution in [2.24, 2.45) is 0 Å². The zero-order valence-corrected chi connectivity index (χ0v) is 18.6. The summed E-state index contributed by atoms with van der Waals surface area (Å²) in [5.74, 6) is -1.27. The predicted molar refractivity (Wildman–Crippen MR) is 122 cm³/mol. The Morgan fingerprint density at radius 1 is 1.16 bits per heavy atom. The molecule has 7 nitrogen and oxygen atoms in total. The molecule has 1 aliphatic rings. The number of carbonyl (C=O) groups excluding carboxylic acids is 2. The highest BCUT2D eigenvalue weighted by molar-refractivity contribution is 7.16. The van der Waals surface area contributed by atoms with Gasteiger partial charge in [-0.25, -0.2) is 4.98 Å². The zero-order chi connectivity index (χ0) is 23.0. The molecule has 8 heteroatoms. The first kappa shape index (κ1) is 21.6. The van der Waals surface area contributed by atoms with Gasteiger partial charge >= 0.3 is 5.91 Å². The third-order valence-corrected chi connectivity index (χ3v) is 6.36. The maximum Gasteiger partial charge on any atom is 0.301 e. The first-order valence-electron chi connectivity index (χ1n) is 10.1. The number of carbonyl (C=O) groups is 2. The standard InChI is InChI=1S/C24H22N2O5S/c1-4-31-18-10-8-15(9-11-18)21(28)19-20(16-6-5-7-17(27)12-16)26(23(30)22(19)29)24-25-13(2)14(3)32-24/h5-12,20,27-28H,4H2,1-3H3. The van der Waals surface area contributed by atoms with Gasteiger partial charge in [-0.05, 0) is 62.7 Å². The second kappa shape index (κ2) is 8.47. The monoisotopic (exact) mass is 450 g/mol. The zero-order valence-electron chi connectivity index (χ0n) is 17.8. The molecule has 0 spiro atoms. The Morgan fingerprint density at radius 3 is 2.47 bits per heavy atom. The number of aliphatic hydroxyl groups excluding tert-OH is 1. The highest BCUT2D eigenvalue weighted by Crippen LogP contribution is 2.44. The highest BCUT2D eigenvalue weighted by Gasteiger charge is 2.48. The fourth-order valence-electron chi connectivity index (χ4n) is 3.63. The van der Waals surface area contributed by atoms with Crippen LogP contribution in [0, 0.1) is 13.8 Å². The number of aryl methyl sites for hydroxylation is 2. The number of hydrogen-bond acceptors (Lipinski definition) is 7. The van der Waals surface area contributed by atoms with Crippen LogP contribution in [0.3, 0.4) is 0 Å². The van der Waals surface area contributed by atoms with Gasteiger partial charge in [-0.15, -0.1) is 11.3 Å². The van der Waals surface area contributed by atoms with Crippen molar-refractivity contribution in [2.45, 2.75) is 26.8 Å². The third-order valence-electron chi connectivity index (χ3n) is 5.29. The van der Waals surface area contributed by atoms with Gasteiger partial charge in [0.15, 0.2) is 5.13 Å². The maximum absolute atomic E-state index is 13.1. The van der Waals surface area contributed by atoms with Crippen molar-refractivity contribution in [1.29, 1.82) is 0 Å². The van der Waals surface area contributed by atoms with Crippen LogP contribution in [0.2, 0.25) is 0 Å². The first-order chi connectivity index (χ1) is 15.3. The maximum atomic E-state index is 13.1. The van der Waals surface area contributed by atoms with Gasteiger partial charge in [0.25, 0.3) is 5.78 Å². The lowest BCUT2D eigenvalue weighted by atomic mass is 9.95. The Labute approximate surface area is 189 Å². The van der Waals surface area contributed by atoms with Crippen LogP contribution in [0.4, 0.5) is 5.13 Å². The van der Waals surface area contributed by atoms with Gasteiger partial charge in [0, 0.05) is 10.4 Å². The molecule has 2 heterocycles. The number of Topliss-reactive ketones (excluding diaryl/α,β-unsaturated/α-hetero) is 1. The molecule has 1 saturated heterocycles. The number of phenols is 1. The minimum absolute atomic E-state index is 0.0133. The second-order valence-electron chi connectivity index (χ2n) is 7.36. The minimum atomic E-state index is -0.932. The lowest BCUT2D eigenvalue weighted by Gasteiger charge is -2.23. The number of aromatic nitrogens is 1. The van der Waals surface area contributed by atoms with E-state index in [2.05, 4.69) is 4.98 Å². The van der Waals surface area contributed by atoms with Crippen LogP contribution in [-0.2, 0) is 9.59 Å². The predicted octanol–water partition coefficient (Wildman–Crippen LogP) is 4.49. The summed E-state index contributed by atoms with van der Waals surface area (Å²) in [6, 6.07) is 12.0. The fourth-order valence-corrected chi connectivity index (χ4v) is 4.57. The lowest BCUT2D eigenvalue weighted by Crippen LogP contribution is -2.29. The van der Waals surface area contributed by atoms with E-state index in [0.29, 0.717) is 28.6 Å². The average molecular weight is 451 g/mol. The van der Waals surface area contributed by atoms with Gasteiger partial charge in [0.05, 0.1) is 23.9 Å². The molecule has 0 aliphatic carbocycles. The minimum Gasteiger partial charge on any atom is -0.508 e. The van der Waals surface area contributed by atoms with Crippen molar-refractivity contribution in [3.8, 4) is 11.5 Å². The number of phenolic OH excluding ortho intramolecular Hbond substituents is 1. The van der Waals surface area contributed by atoms with Gasteiger partial charge in [-0.3, -0.25) is 14.5 Å². The number of aromatic hydroxyl groups is 1. The van der Waals surface area contributed by atoms with E-state index in [1.165, 1.54) is 28.4 Å². The van der Waals surface area contributed by atoms with Crippen molar-refractivity contribution < 1.29 is 24.5 Å². The van der Waals surface area contributed by atoms with Crippen LogP contribution in [0.15, 0.2) is 54.1 Å². The third kappa shape index (κ3) is 3.73. The number of amides is 1. The van der Waals surface area contributed by atoms with Gasteiger partial charge in [-0.1, -0.05) is 12.1 Å². The topological polar surface area (TPSA) is 100.0 Å². The summed E-state index contributed by atoms with van der Waals surface area (Å²) in [5.41, 5.74) is 1.56. The lowest BCUT2D eigenvalue weighted by molar-refractivity contribution is -0.132. The van der Waals surface area contributed by atoms with Gasteiger partial charge in [0.1, 0.15) is 17.3 Å². The Hall–Kier alpha value is -3.65.